The third-order valence-electron chi connectivity index (χ3n) is 7.77. The zero-order valence-corrected chi connectivity index (χ0v) is 15.6. The predicted octanol–water partition coefficient (Wildman–Crippen LogP) is 2.92. The lowest BCUT2D eigenvalue weighted by molar-refractivity contribution is -0.130. The minimum atomic E-state index is 0.278. The first-order valence-electron chi connectivity index (χ1n) is 10.1. The van der Waals surface area contributed by atoms with E-state index in [4.69, 9.17) is 4.74 Å². The van der Waals surface area contributed by atoms with E-state index in [1.165, 1.54) is 51.4 Å². The van der Waals surface area contributed by atoms with Crippen molar-refractivity contribution >= 4 is 5.91 Å². The molecule has 0 N–H and O–H groups in total. The number of carbonyl (C=O) groups is 1. The van der Waals surface area contributed by atoms with Crippen molar-refractivity contribution in [3.05, 3.63) is 0 Å². The van der Waals surface area contributed by atoms with Crippen molar-refractivity contribution in [1.29, 1.82) is 0 Å². The number of hydrogen-bond donors (Lipinski definition) is 0. The van der Waals surface area contributed by atoms with Crippen LogP contribution in [0.5, 0.6) is 0 Å². The first-order valence-corrected chi connectivity index (χ1v) is 10.1. The molecule has 4 nitrogen and oxygen atoms in total. The Morgan fingerprint density at radius 3 is 2.33 bits per heavy atom. The molecule has 4 rings (SSSR count). The minimum absolute atomic E-state index is 0.278. The minimum Gasteiger partial charge on any atom is -0.381 e. The highest BCUT2D eigenvalue weighted by Crippen LogP contribution is 2.53. The van der Waals surface area contributed by atoms with Crippen molar-refractivity contribution in [2.75, 3.05) is 40.4 Å². The molecule has 2 saturated heterocycles. The Morgan fingerprint density at radius 2 is 1.79 bits per heavy atom. The molecule has 1 amide bonds. The van der Waals surface area contributed by atoms with Crippen LogP contribution < -0.4 is 0 Å². The molecule has 2 aliphatic heterocycles. The molecule has 0 unspecified atom stereocenters. The summed E-state index contributed by atoms with van der Waals surface area (Å²) in [4.78, 5) is 17.2. The molecule has 2 saturated carbocycles. The first-order chi connectivity index (χ1) is 11.5. The first kappa shape index (κ1) is 16.8. The van der Waals surface area contributed by atoms with Crippen molar-refractivity contribution in [1.82, 2.24) is 9.80 Å². The fourth-order valence-corrected chi connectivity index (χ4v) is 6.08. The van der Waals surface area contributed by atoms with Gasteiger partial charge >= 0.3 is 0 Å². The maximum absolute atomic E-state index is 12.5. The average molecular weight is 335 g/mol. The van der Waals surface area contributed by atoms with Gasteiger partial charge in [-0.25, -0.2) is 0 Å². The van der Waals surface area contributed by atoms with E-state index in [9.17, 15) is 4.79 Å². The Morgan fingerprint density at radius 1 is 1.12 bits per heavy atom. The molecule has 4 aliphatic rings. The number of carbonyl (C=O) groups excluding carboxylic acids is 1. The normalized spacial score (nSPS) is 38.5. The van der Waals surface area contributed by atoms with Crippen molar-refractivity contribution < 1.29 is 9.53 Å². The summed E-state index contributed by atoms with van der Waals surface area (Å²) in [6, 6.07) is 0. The maximum Gasteiger partial charge on any atom is 0.223 e. The van der Waals surface area contributed by atoms with Crippen molar-refractivity contribution in [3.63, 3.8) is 0 Å². The smallest absolute Gasteiger partial charge is 0.223 e. The number of hydrogen-bond acceptors (Lipinski definition) is 3. The Labute approximate surface area is 146 Å². The van der Waals surface area contributed by atoms with Crippen LogP contribution in [0.25, 0.3) is 0 Å². The Balaban J connectivity index is 1.42. The summed E-state index contributed by atoms with van der Waals surface area (Å²) in [5.41, 5.74) is 0.680. The van der Waals surface area contributed by atoms with Gasteiger partial charge in [0.15, 0.2) is 0 Å². The highest BCUT2D eigenvalue weighted by atomic mass is 16.5. The van der Waals surface area contributed by atoms with Gasteiger partial charge in [0.25, 0.3) is 0 Å². The molecule has 2 aliphatic carbocycles. The molecule has 136 valence electrons. The highest BCUT2D eigenvalue weighted by Gasteiger charge is 2.52. The molecule has 24 heavy (non-hydrogen) atoms. The van der Waals surface area contributed by atoms with Crippen LogP contribution >= 0.6 is 0 Å². The lowest BCUT2D eigenvalue weighted by Crippen LogP contribution is -2.54. The molecule has 0 radical (unpaired) electrons. The highest BCUT2D eigenvalue weighted by molar-refractivity contribution is 5.79. The summed E-state index contributed by atoms with van der Waals surface area (Å²) < 4.78 is 5.28. The Bertz CT molecular complexity index is 472. The van der Waals surface area contributed by atoms with Gasteiger partial charge in [-0.2, -0.15) is 0 Å². The molecular weight excluding hydrogens is 300 g/mol. The standard InChI is InChI=1S/C20H34N2O2/c1-21(2)20(17-5-3-4-6-17)9-7-19(8-10-20)11-18(23)22(15-19)12-16-13-24-14-16/h16-17H,3-15H2,1-2H3. The van der Waals surface area contributed by atoms with Gasteiger partial charge < -0.3 is 14.5 Å². The third kappa shape index (κ3) is 2.80. The maximum atomic E-state index is 12.5. The predicted molar refractivity (Wildman–Crippen MR) is 94.8 cm³/mol. The van der Waals surface area contributed by atoms with Gasteiger partial charge in [0.2, 0.25) is 5.91 Å². The average Bonchev–Trinajstić information content (AvgIpc) is 3.13. The number of amides is 1. The van der Waals surface area contributed by atoms with Crippen molar-refractivity contribution in [2.24, 2.45) is 17.3 Å². The van der Waals surface area contributed by atoms with Crippen LogP contribution in [0, 0.1) is 17.3 Å². The molecule has 0 bridgehead atoms. The van der Waals surface area contributed by atoms with Crippen LogP contribution in [-0.4, -0.2) is 61.6 Å². The van der Waals surface area contributed by atoms with Crippen LogP contribution in [0.1, 0.15) is 57.8 Å². The van der Waals surface area contributed by atoms with Crippen LogP contribution in [0.15, 0.2) is 0 Å². The molecule has 0 aromatic rings. The van der Waals surface area contributed by atoms with Gasteiger partial charge in [-0.1, -0.05) is 12.8 Å². The molecule has 0 aromatic carbocycles. The van der Waals surface area contributed by atoms with Gasteiger partial charge in [0, 0.05) is 31.0 Å². The van der Waals surface area contributed by atoms with E-state index in [0.717, 1.165) is 38.6 Å². The topological polar surface area (TPSA) is 32.8 Å². The van der Waals surface area contributed by atoms with Gasteiger partial charge in [0.05, 0.1) is 13.2 Å². The van der Waals surface area contributed by atoms with Crippen LogP contribution in [0.2, 0.25) is 0 Å². The largest absolute Gasteiger partial charge is 0.381 e. The molecule has 0 aromatic heterocycles. The fraction of sp³-hybridized carbons (Fsp3) is 0.950. The molecule has 4 fully saturated rings. The SMILES string of the molecule is CN(C)C1(C2CCCC2)CCC2(CC1)CC(=O)N(CC1COC1)C2. The molecule has 2 heterocycles. The van der Waals surface area contributed by atoms with Gasteiger partial charge in [-0.15, -0.1) is 0 Å². The lowest BCUT2D eigenvalue weighted by Gasteiger charge is -2.52. The summed E-state index contributed by atoms with van der Waals surface area (Å²) in [6.07, 6.45) is 11.5. The van der Waals surface area contributed by atoms with Crippen LogP contribution in [0.3, 0.4) is 0 Å². The summed E-state index contributed by atoms with van der Waals surface area (Å²) >= 11 is 0. The second-order valence-corrected chi connectivity index (χ2v) is 9.33. The van der Waals surface area contributed by atoms with Gasteiger partial charge in [-0.3, -0.25) is 4.79 Å². The second kappa shape index (κ2) is 6.28. The van der Waals surface area contributed by atoms with Gasteiger partial charge in [-0.05, 0) is 64.0 Å². The van der Waals surface area contributed by atoms with E-state index in [0.29, 0.717) is 17.4 Å². The number of rotatable bonds is 4. The van der Waals surface area contributed by atoms with Gasteiger partial charge in [0.1, 0.15) is 0 Å². The van der Waals surface area contributed by atoms with Crippen LogP contribution in [0.4, 0.5) is 0 Å². The van der Waals surface area contributed by atoms with E-state index >= 15 is 0 Å². The summed E-state index contributed by atoms with van der Waals surface area (Å²) in [6.45, 7) is 3.64. The molecule has 4 heteroatoms. The Hall–Kier alpha value is -0.610. The molecular formula is C20H34N2O2. The second-order valence-electron chi connectivity index (χ2n) is 9.33. The van der Waals surface area contributed by atoms with Crippen LogP contribution in [-0.2, 0) is 9.53 Å². The van der Waals surface area contributed by atoms with E-state index in [2.05, 4.69) is 23.9 Å². The van der Waals surface area contributed by atoms with E-state index in [-0.39, 0.29) is 5.41 Å². The zero-order chi connectivity index (χ0) is 16.8. The van der Waals surface area contributed by atoms with Crippen molar-refractivity contribution in [3.8, 4) is 0 Å². The van der Waals surface area contributed by atoms with E-state index < -0.39 is 0 Å². The third-order valence-corrected chi connectivity index (χ3v) is 7.77. The summed E-state index contributed by atoms with van der Waals surface area (Å²) in [5, 5.41) is 0. The lowest BCUT2D eigenvalue weighted by atomic mass is 9.62. The summed E-state index contributed by atoms with van der Waals surface area (Å²) in [7, 11) is 4.58. The number of nitrogens with zero attached hydrogens (tertiary/aromatic N) is 2. The number of ether oxygens (including phenoxy) is 1. The Kier molecular flexibility index (Phi) is 4.41. The monoisotopic (exact) mass is 334 g/mol. The van der Waals surface area contributed by atoms with Crippen molar-refractivity contribution in [2.45, 2.75) is 63.3 Å². The fourth-order valence-electron chi connectivity index (χ4n) is 6.08. The van der Waals surface area contributed by atoms with E-state index in [1.807, 2.05) is 0 Å². The zero-order valence-electron chi connectivity index (χ0n) is 15.6. The quantitative estimate of drug-likeness (QED) is 0.792. The molecule has 0 atom stereocenters. The van der Waals surface area contributed by atoms with E-state index in [1.54, 1.807) is 0 Å². The summed E-state index contributed by atoms with van der Waals surface area (Å²) in [5.74, 6) is 1.87. The molecule has 1 spiro atoms. The number of likely N-dealkylation sites (tertiary alicyclic amines) is 1.